The minimum absolute atomic E-state index is 0.0923. The number of amides is 1. The van der Waals surface area contributed by atoms with Crippen LogP contribution in [0.5, 0.6) is 0 Å². The number of piperazine rings is 1. The van der Waals surface area contributed by atoms with Gasteiger partial charge in [0.15, 0.2) is 5.65 Å². The standard InChI is InChI=1S/C24H28F2N6O2/c1-14-12-30(7-8-31(14)23(33)34-24(2,3)4)21-19-20(15-5-6-15)29-32(22(19)28-13-27-21)18-10-16(25)9-17(26)11-18/h9-11,13-15H,5-8,12H2,1-4H3/t14-/m1/s1. The molecule has 1 aliphatic carbocycles. The number of aromatic nitrogens is 4. The van der Waals surface area contributed by atoms with Crippen LogP contribution in [-0.4, -0.2) is 62.0 Å². The van der Waals surface area contributed by atoms with Crippen LogP contribution in [0, 0.1) is 11.6 Å². The van der Waals surface area contributed by atoms with Crippen molar-refractivity contribution in [2.75, 3.05) is 24.5 Å². The van der Waals surface area contributed by atoms with Crippen LogP contribution in [0.3, 0.4) is 0 Å². The van der Waals surface area contributed by atoms with Crippen molar-refractivity contribution >= 4 is 22.9 Å². The first kappa shape index (κ1) is 22.5. The zero-order valence-electron chi connectivity index (χ0n) is 19.8. The summed E-state index contributed by atoms with van der Waals surface area (Å²) in [6, 6.07) is 3.24. The molecule has 2 fully saturated rings. The van der Waals surface area contributed by atoms with Crippen molar-refractivity contribution in [1.29, 1.82) is 0 Å². The molecule has 0 spiro atoms. The molecule has 10 heteroatoms. The Balaban J connectivity index is 1.50. The lowest BCUT2D eigenvalue weighted by Gasteiger charge is -2.40. The number of hydrogen-bond donors (Lipinski definition) is 0. The molecular formula is C24H28F2N6O2. The predicted octanol–water partition coefficient (Wildman–Crippen LogP) is 4.42. The molecule has 180 valence electrons. The molecule has 1 amide bonds. The maximum atomic E-state index is 13.9. The highest BCUT2D eigenvalue weighted by molar-refractivity contribution is 5.91. The van der Waals surface area contributed by atoms with Crippen molar-refractivity contribution in [2.45, 2.75) is 58.1 Å². The summed E-state index contributed by atoms with van der Waals surface area (Å²) in [6.07, 6.45) is 3.13. The second kappa shape index (κ2) is 8.18. The Morgan fingerprint density at radius 1 is 1.09 bits per heavy atom. The van der Waals surface area contributed by atoms with Gasteiger partial charge in [0.1, 0.15) is 29.4 Å². The summed E-state index contributed by atoms with van der Waals surface area (Å²) < 4.78 is 34.9. The molecule has 34 heavy (non-hydrogen) atoms. The largest absolute Gasteiger partial charge is 0.444 e. The van der Waals surface area contributed by atoms with Crippen molar-refractivity contribution in [3.05, 3.63) is 41.9 Å². The van der Waals surface area contributed by atoms with Crippen LogP contribution in [0.4, 0.5) is 19.4 Å². The third kappa shape index (κ3) is 4.28. The van der Waals surface area contributed by atoms with E-state index in [1.165, 1.54) is 23.1 Å². The number of anilines is 1. The lowest BCUT2D eigenvalue weighted by Crippen LogP contribution is -2.55. The number of carbonyl (C=O) groups excluding carboxylic acids is 1. The SMILES string of the molecule is C[C@@H]1CN(c2ncnc3c2c(C2CC2)nn3-c2cc(F)cc(F)c2)CCN1C(=O)OC(C)(C)C. The molecule has 2 aromatic heterocycles. The number of hydrogen-bond acceptors (Lipinski definition) is 6. The summed E-state index contributed by atoms with van der Waals surface area (Å²) >= 11 is 0. The van der Waals surface area contributed by atoms with Crippen LogP contribution in [0.2, 0.25) is 0 Å². The molecule has 1 saturated heterocycles. The maximum absolute atomic E-state index is 13.9. The Hall–Kier alpha value is -3.30. The lowest BCUT2D eigenvalue weighted by atomic mass is 10.1. The van der Waals surface area contributed by atoms with Gasteiger partial charge in [0.2, 0.25) is 0 Å². The fourth-order valence-corrected chi connectivity index (χ4v) is 4.43. The average molecular weight is 471 g/mol. The molecule has 3 heterocycles. The number of nitrogens with zero attached hydrogens (tertiary/aromatic N) is 6. The highest BCUT2D eigenvalue weighted by atomic mass is 19.1. The smallest absolute Gasteiger partial charge is 0.410 e. The molecule has 8 nitrogen and oxygen atoms in total. The van der Waals surface area contributed by atoms with Crippen molar-refractivity contribution in [3.8, 4) is 5.69 Å². The molecule has 3 aromatic rings. The van der Waals surface area contributed by atoms with Gasteiger partial charge in [-0.3, -0.25) is 0 Å². The number of rotatable bonds is 3. The van der Waals surface area contributed by atoms with Crippen LogP contribution >= 0.6 is 0 Å². The van der Waals surface area contributed by atoms with Crippen molar-refractivity contribution in [2.24, 2.45) is 0 Å². The number of carbonyl (C=O) groups is 1. The van der Waals surface area contributed by atoms with Gasteiger partial charge in [-0.1, -0.05) is 0 Å². The molecule has 0 N–H and O–H groups in total. The fourth-order valence-electron chi connectivity index (χ4n) is 4.43. The minimum atomic E-state index is -0.673. The first-order chi connectivity index (χ1) is 16.1. The summed E-state index contributed by atoms with van der Waals surface area (Å²) in [7, 11) is 0. The van der Waals surface area contributed by atoms with Gasteiger partial charge >= 0.3 is 6.09 Å². The monoisotopic (exact) mass is 470 g/mol. The van der Waals surface area contributed by atoms with Gasteiger partial charge in [-0.2, -0.15) is 5.10 Å². The normalized spacial score (nSPS) is 19.1. The molecule has 1 saturated carbocycles. The third-order valence-electron chi connectivity index (χ3n) is 6.08. The Morgan fingerprint density at radius 3 is 2.41 bits per heavy atom. The van der Waals surface area contributed by atoms with Gasteiger partial charge in [-0.25, -0.2) is 28.2 Å². The number of ether oxygens (including phenoxy) is 1. The van der Waals surface area contributed by atoms with Gasteiger partial charge < -0.3 is 14.5 Å². The van der Waals surface area contributed by atoms with E-state index in [1.807, 2.05) is 27.7 Å². The second-order valence-corrected chi connectivity index (χ2v) is 10.1. The van der Waals surface area contributed by atoms with Gasteiger partial charge in [0, 0.05) is 37.7 Å². The van der Waals surface area contributed by atoms with Crippen molar-refractivity contribution < 1.29 is 18.3 Å². The summed E-state index contributed by atoms with van der Waals surface area (Å²) in [6.45, 7) is 9.16. The Kier molecular flexibility index (Phi) is 5.41. The van der Waals surface area contributed by atoms with E-state index in [4.69, 9.17) is 9.84 Å². The topological polar surface area (TPSA) is 76.4 Å². The van der Waals surface area contributed by atoms with Crippen LogP contribution < -0.4 is 4.90 Å². The Labute approximate surface area is 196 Å². The van der Waals surface area contributed by atoms with E-state index in [-0.39, 0.29) is 23.7 Å². The van der Waals surface area contributed by atoms with E-state index >= 15 is 0 Å². The van der Waals surface area contributed by atoms with Gasteiger partial charge in [0.25, 0.3) is 0 Å². The minimum Gasteiger partial charge on any atom is -0.444 e. The van der Waals surface area contributed by atoms with E-state index in [9.17, 15) is 13.6 Å². The summed E-state index contributed by atoms with van der Waals surface area (Å²) in [5.74, 6) is -0.348. The first-order valence-electron chi connectivity index (χ1n) is 11.6. The molecule has 1 aromatic carbocycles. The van der Waals surface area contributed by atoms with Crippen molar-refractivity contribution in [3.63, 3.8) is 0 Å². The molecule has 0 bridgehead atoms. The quantitative estimate of drug-likeness (QED) is 0.564. The number of fused-ring (bicyclic) bond motifs is 1. The highest BCUT2D eigenvalue weighted by Gasteiger charge is 2.35. The molecule has 0 radical (unpaired) electrons. The molecule has 0 unspecified atom stereocenters. The maximum Gasteiger partial charge on any atom is 0.410 e. The average Bonchev–Trinajstić information content (AvgIpc) is 3.51. The van der Waals surface area contributed by atoms with E-state index in [1.54, 1.807) is 4.90 Å². The lowest BCUT2D eigenvalue weighted by molar-refractivity contribution is 0.0158. The number of halogens is 2. The van der Waals surface area contributed by atoms with Gasteiger partial charge in [-0.05, 0) is 52.7 Å². The van der Waals surface area contributed by atoms with Crippen LogP contribution in [0.1, 0.15) is 52.1 Å². The van der Waals surface area contributed by atoms with Crippen LogP contribution in [-0.2, 0) is 4.74 Å². The summed E-state index contributed by atoms with van der Waals surface area (Å²) in [5.41, 5.74) is 1.08. The Bertz CT molecular complexity index is 1230. The molecule has 2 aliphatic rings. The zero-order valence-corrected chi connectivity index (χ0v) is 19.8. The van der Waals surface area contributed by atoms with Gasteiger partial charge in [0.05, 0.1) is 16.8 Å². The Morgan fingerprint density at radius 2 is 1.79 bits per heavy atom. The molecule has 1 aliphatic heterocycles. The first-order valence-corrected chi connectivity index (χ1v) is 11.6. The number of benzene rings is 1. The molecule has 1 atom stereocenters. The predicted molar refractivity (Wildman–Crippen MR) is 123 cm³/mol. The van der Waals surface area contributed by atoms with Crippen LogP contribution in [0.15, 0.2) is 24.5 Å². The summed E-state index contributed by atoms with van der Waals surface area (Å²) in [4.78, 5) is 25.5. The zero-order chi connectivity index (χ0) is 24.2. The second-order valence-electron chi connectivity index (χ2n) is 10.1. The van der Waals surface area contributed by atoms with E-state index in [0.717, 1.165) is 35.8 Å². The fraction of sp³-hybridized carbons (Fsp3) is 0.500. The van der Waals surface area contributed by atoms with E-state index < -0.39 is 17.2 Å². The van der Waals surface area contributed by atoms with Crippen LogP contribution in [0.25, 0.3) is 16.7 Å². The highest BCUT2D eigenvalue weighted by Crippen LogP contribution is 2.44. The van der Waals surface area contributed by atoms with E-state index in [0.29, 0.717) is 25.3 Å². The van der Waals surface area contributed by atoms with E-state index in [2.05, 4.69) is 14.9 Å². The molecular weight excluding hydrogens is 442 g/mol. The van der Waals surface area contributed by atoms with Gasteiger partial charge in [-0.15, -0.1) is 0 Å². The molecule has 5 rings (SSSR count). The van der Waals surface area contributed by atoms with Crippen molar-refractivity contribution in [1.82, 2.24) is 24.6 Å². The third-order valence-corrected chi connectivity index (χ3v) is 6.08. The summed E-state index contributed by atoms with van der Waals surface area (Å²) in [5, 5.41) is 5.53.